The molecule has 2 aromatic heterocycles. The summed E-state index contributed by atoms with van der Waals surface area (Å²) in [6.07, 6.45) is 5.23. The molecule has 3 aromatic rings. The summed E-state index contributed by atoms with van der Waals surface area (Å²) in [6.45, 7) is 0.800. The largest absolute Gasteiger partial charge is 0.459 e. The lowest BCUT2D eigenvalue weighted by Crippen LogP contribution is -2.51. The van der Waals surface area contributed by atoms with Crippen LogP contribution in [0.15, 0.2) is 69.9 Å². The van der Waals surface area contributed by atoms with Crippen molar-refractivity contribution in [3.63, 3.8) is 0 Å². The van der Waals surface area contributed by atoms with Crippen LogP contribution in [0.2, 0.25) is 0 Å². The van der Waals surface area contributed by atoms with Crippen LogP contribution in [-0.2, 0) is 11.3 Å². The molecule has 1 fully saturated rings. The van der Waals surface area contributed by atoms with Crippen molar-refractivity contribution in [2.24, 2.45) is 0 Å². The van der Waals surface area contributed by atoms with Crippen molar-refractivity contribution in [2.45, 2.75) is 31.8 Å². The van der Waals surface area contributed by atoms with Crippen LogP contribution in [-0.4, -0.2) is 35.2 Å². The number of nitrogens with zero attached hydrogens (tertiary/aromatic N) is 1. The van der Waals surface area contributed by atoms with Crippen molar-refractivity contribution < 1.29 is 23.2 Å². The van der Waals surface area contributed by atoms with Crippen molar-refractivity contribution in [1.82, 2.24) is 10.2 Å². The number of nitrogens with one attached hydrogen (secondary N) is 2. The van der Waals surface area contributed by atoms with E-state index < -0.39 is 6.04 Å². The highest BCUT2D eigenvalue weighted by molar-refractivity contribution is 6.02. The van der Waals surface area contributed by atoms with Gasteiger partial charge < -0.3 is 24.4 Å². The fraction of sp³-hybridized carbons (Fsp3) is 0.261. The number of likely N-dealkylation sites (tertiary alicyclic amines) is 1. The van der Waals surface area contributed by atoms with Gasteiger partial charge in [-0.25, -0.2) is 0 Å². The Hall–Kier alpha value is -3.81. The lowest BCUT2D eigenvalue weighted by atomic mass is 10.0. The summed E-state index contributed by atoms with van der Waals surface area (Å²) < 4.78 is 10.3. The molecule has 4 rings (SSSR count). The van der Waals surface area contributed by atoms with Crippen LogP contribution in [0.3, 0.4) is 0 Å². The number of piperidine rings is 1. The van der Waals surface area contributed by atoms with Crippen LogP contribution in [0, 0.1) is 0 Å². The number of hydrogen-bond acceptors (Lipinski definition) is 5. The fourth-order valence-electron chi connectivity index (χ4n) is 3.66. The van der Waals surface area contributed by atoms with Gasteiger partial charge in [-0.15, -0.1) is 0 Å². The molecule has 1 aliphatic heterocycles. The topological polar surface area (TPSA) is 105 Å². The van der Waals surface area contributed by atoms with E-state index in [1.807, 2.05) is 6.07 Å². The minimum Gasteiger partial charge on any atom is -0.459 e. The molecule has 160 valence electrons. The Balaban J connectivity index is 1.37. The molecule has 8 heteroatoms. The average Bonchev–Trinajstić information content (AvgIpc) is 3.52. The molecule has 0 bridgehead atoms. The Morgan fingerprint density at radius 3 is 2.48 bits per heavy atom. The quantitative estimate of drug-likeness (QED) is 0.634. The Labute approximate surface area is 179 Å². The van der Waals surface area contributed by atoms with Crippen molar-refractivity contribution in [1.29, 1.82) is 0 Å². The predicted octanol–water partition coefficient (Wildman–Crippen LogP) is 3.44. The van der Waals surface area contributed by atoms with Crippen molar-refractivity contribution in [2.75, 3.05) is 11.9 Å². The Kier molecular flexibility index (Phi) is 6.16. The molecule has 3 heterocycles. The van der Waals surface area contributed by atoms with E-state index in [4.69, 9.17) is 8.83 Å². The highest BCUT2D eigenvalue weighted by Gasteiger charge is 2.33. The van der Waals surface area contributed by atoms with Gasteiger partial charge in [0.15, 0.2) is 11.5 Å². The maximum absolute atomic E-state index is 12.9. The lowest BCUT2D eigenvalue weighted by Gasteiger charge is -2.34. The number of furan rings is 2. The van der Waals surface area contributed by atoms with Crippen molar-refractivity contribution >= 4 is 23.4 Å². The minimum atomic E-state index is -0.534. The van der Waals surface area contributed by atoms with Crippen LogP contribution in [0.1, 0.15) is 45.9 Å². The summed E-state index contributed by atoms with van der Waals surface area (Å²) in [5.74, 6) is -0.366. The Bertz CT molecular complexity index is 1040. The number of carbonyl (C=O) groups is 3. The van der Waals surface area contributed by atoms with Gasteiger partial charge in [-0.2, -0.15) is 0 Å². The fourth-order valence-corrected chi connectivity index (χ4v) is 3.66. The van der Waals surface area contributed by atoms with Gasteiger partial charge in [0.1, 0.15) is 6.04 Å². The Morgan fingerprint density at radius 1 is 0.968 bits per heavy atom. The second kappa shape index (κ2) is 9.34. The van der Waals surface area contributed by atoms with E-state index in [-0.39, 0.29) is 35.8 Å². The van der Waals surface area contributed by atoms with Crippen LogP contribution in [0.5, 0.6) is 0 Å². The zero-order valence-corrected chi connectivity index (χ0v) is 16.9. The number of rotatable bonds is 6. The van der Waals surface area contributed by atoms with Gasteiger partial charge in [0, 0.05) is 18.8 Å². The van der Waals surface area contributed by atoms with E-state index in [2.05, 4.69) is 10.6 Å². The zero-order valence-electron chi connectivity index (χ0n) is 16.9. The normalized spacial score (nSPS) is 16.0. The van der Waals surface area contributed by atoms with Gasteiger partial charge in [-0.1, -0.05) is 12.1 Å². The number of amides is 3. The first kappa shape index (κ1) is 20.5. The molecule has 0 radical (unpaired) electrons. The van der Waals surface area contributed by atoms with Gasteiger partial charge in [0.25, 0.3) is 11.8 Å². The summed E-state index contributed by atoms with van der Waals surface area (Å²) in [4.78, 5) is 39.3. The van der Waals surface area contributed by atoms with E-state index in [1.165, 1.54) is 12.5 Å². The molecule has 0 spiro atoms. The second-order valence-electron chi connectivity index (χ2n) is 7.34. The third-order valence-electron chi connectivity index (χ3n) is 5.19. The number of hydrogen-bond donors (Lipinski definition) is 2. The van der Waals surface area contributed by atoms with Crippen LogP contribution in [0.4, 0.5) is 5.69 Å². The third-order valence-corrected chi connectivity index (χ3v) is 5.19. The summed E-state index contributed by atoms with van der Waals surface area (Å²) in [5.41, 5.74) is 1.42. The van der Waals surface area contributed by atoms with E-state index in [0.29, 0.717) is 18.7 Å². The maximum atomic E-state index is 12.9. The van der Waals surface area contributed by atoms with E-state index >= 15 is 0 Å². The molecule has 0 aliphatic carbocycles. The van der Waals surface area contributed by atoms with Gasteiger partial charge >= 0.3 is 0 Å². The van der Waals surface area contributed by atoms with E-state index in [9.17, 15) is 14.4 Å². The highest BCUT2D eigenvalue weighted by Crippen LogP contribution is 2.21. The summed E-state index contributed by atoms with van der Waals surface area (Å²) in [6, 6.07) is 13.2. The standard InChI is InChI=1S/C23H23N3O5/c27-21(18-8-1-2-11-26(18)23(29)20-10-5-13-31-20)24-15-16-6-3-7-17(14-16)25-22(28)19-9-4-12-30-19/h3-7,9-10,12-14,18H,1-2,8,11,15H2,(H,24,27)(H,25,28). The lowest BCUT2D eigenvalue weighted by molar-refractivity contribution is -0.126. The first-order valence-electron chi connectivity index (χ1n) is 10.2. The molecule has 1 saturated heterocycles. The van der Waals surface area contributed by atoms with Crippen LogP contribution in [0.25, 0.3) is 0 Å². The average molecular weight is 421 g/mol. The SMILES string of the molecule is O=C(Nc1cccc(CNC(=O)C2CCCCN2C(=O)c2ccco2)c1)c1ccco1. The minimum absolute atomic E-state index is 0.204. The van der Waals surface area contributed by atoms with Gasteiger partial charge in [0.05, 0.1) is 12.5 Å². The van der Waals surface area contributed by atoms with Crippen molar-refractivity contribution in [3.05, 3.63) is 78.1 Å². The smallest absolute Gasteiger partial charge is 0.291 e. The predicted molar refractivity (Wildman–Crippen MR) is 112 cm³/mol. The number of anilines is 1. The van der Waals surface area contributed by atoms with Crippen molar-refractivity contribution in [3.8, 4) is 0 Å². The zero-order chi connectivity index (χ0) is 21.6. The first-order chi connectivity index (χ1) is 15.1. The summed E-state index contributed by atoms with van der Waals surface area (Å²) >= 11 is 0. The molecule has 8 nitrogen and oxygen atoms in total. The molecular formula is C23H23N3O5. The van der Waals surface area contributed by atoms with E-state index in [1.54, 1.807) is 47.4 Å². The van der Waals surface area contributed by atoms with Gasteiger partial charge in [0.2, 0.25) is 5.91 Å². The van der Waals surface area contributed by atoms with Gasteiger partial charge in [-0.3, -0.25) is 14.4 Å². The molecule has 31 heavy (non-hydrogen) atoms. The molecule has 3 amide bonds. The highest BCUT2D eigenvalue weighted by atomic mass is 16.3. The van der Waals surface area contributed by atoms with Crippen LogP contribution >= 0.6 is 0 Å². The molecule has 1 aliphatic rings. The molecule has 0 saturated carbocycles. The Morgan fingerprint density at radius 2 is 1.74 bits per heavy atom. The summed E-state index contributed by atoms with van der Waals surface area (Å²) in [7, 11) is 0. The molecule has 1 atom stereocenters. The first-order valence-corrected chi connectivity index (χ1v) is 10.2. The van der Waals surface area contributed by atoms with E-state index in [0.717, 1.165) is 18.4 Å². The molecule has 1 aromatic carbocycles. The molecular weight excluding hydrogens is 398 g/mol. The van der Waals surface area contributed by atoms with Crippen LogP contribution < -0.4 is 10.6 Å². The number of benzene rings is 1. The third kappa shape index (κ3) is 4.85. The number of carbonyl (C=O) groups excluding carboxylic acids is 3. The molecule has 2 N–H and O–H groups in total. The summed E-state index contributed by atoms with van der Waals surface area (Å²) in [5, 5.41) is 5.68. The monoisotopic (exact) mass is 421 g/mol. The van der Waals surface area contributed by atoms with Gasteiger partial charge in [-0.05, 0) is 61.2 Å². The second-order valence-corrected chi connectivity index (χ2v) is 7.34. The maximum Gasteiger partial charge on any atom is 0.291 e. The molecule has 1 unspecified atom stereocenters.